The number of fused-ring (bicyclic) bond motifs is 2. The van der Waals surface area contributed by atoms with E-state index >= 15 is 0 Å². The molecule has 2 heterocycles. The molecule has 2 aliphatic rings. The van der Waals surface area contributed by atoms with E-state index < -0.39 is 23.4 Å². The van der Waals surface area contributed by atoms with Gasteiger partial charge in [-0.2, -0.15) is 13.2 Å². The first kappa shape index (κ1) is 11.5. The molecule has 1 amide bonds. The van der Waals surface area contributed by atoms with E-state index in [9.17, 15) is 18.0 Å². The molecular formula is C11H8F3NO3. The number of nitrogens with one attached hydrogen (secondary N) is 1. The quantitative estimate of drug-likeness (QED) is 0.773. The fourth-order valence-electron chi connectivity index (χ4n) is 2.21. The van der Waals surface area contributed by atoms with Crippen molar-refractivity contribution in [3.05, 3.63) is 29.3 Å². The lowest BCUT2D eigenvalue weighted by molar-refractivity contribution is -0.178. The second-order valence-electron chi connectivity index (χ2n) is 3.99. The second-order valence-corrected chi connectivity index (χ2v) is 3.99. The Hall–Kier alpha value is -1.60. The van der Waals surface area contributed by atoms with Gasteiger partial charge in [-0.3, -0.25) is 4.79 Å². The van der Waals surface area contributed by atoms with Gasteiger partial charge in [0.1, 0.15) is 0 Å². The maximum atomic E-state index is 12.8. The molecule has 0 unspecified atom stereocenters. The Kier molecular flexibility index (Phi) is 2.21. The molecule has 1 saturated heterocycles. The molecule has 1 aromatic carbocycles. The van der Waals surface area contributed by atoms with Gasteiger partial charge in [0.2, 0.25) is 0 Å². The van der Waals surface area contributed by atoms with Crippen LogP contribution in [0.3, 0.4) is 0 Å². The van der Waals surface area contributed by atoms with E-state index in [1.807, 2.05) is 0 Å². The van der Waals surface area contributed by atoms with E-state index in [1.165, 1.54) is 12.1 Å². The minimum Gasteiger partial charge on any atom is -0.336 e. The zero-order valence-electron chi connectivity index (χ0n) is 9.00. The highest BCUT2D eigenvalue weighted by Gasteiger charge is 2.54. The van der Waals surface area contributed by atoms with Crippen LogP contribution in [0.5, 0.6) is 0 Å². The van der Waals surface area contributed by atoms with Crippen molar-refractivity contribution in [2.45, 2.75) is 12.0 Å². The van der Waals surface area contributed by atoms with Crippen molar-refractivity contribution in [3.63, 3.8) is 0 Å². The molecule has 0 atom stereocenters. The summed E-state index contributed by atoms with van der Waals surface area (Å²) in [5.74, 6) is -2.43. The summed E-state index contributed by atoms with van der Waals surface area (Å²) in [5, 5.41) is 2.20. The van der Waals surface area contributed by atoms with Crippen LogP contribution in [0.2, 0.25) is 0 Å². The van der Waals surface area contributed by atoms with Crippen LogP contribution in [0.4, 0.5) is 18.9 Å². The van der Waals surface area contributed by atoms with Gasteiger partial charge in [0.05, 0.1) is 24.5 Å². The SMILES string of the molecule is O=C1Nc2c(C(F)(F)F)cccc2C12OCCO2. The third-order valence-corrected chi connectivity index (χ3v) is 2.96. The average molecular weight is 259 g/mol. The highest BCUT2D eigenvalue weighted by atomic mass is 19.4. The number of amides is 1. The van der Waals surface area contributed by atoms with Crippen LogP contribution in [0.25, 0.3) is 0 Å². The number of anilines is 1. The number of hydrogen-bond donors (Lipinski definition) is 1. The first-order chi connectivity index (χ1) is 8.45. The van der Waals surface area contributed by atoms with Crippen molar-refractivity contribution < 1.29 is 27.4 Å². The predicted octanol–water partition coefficient (Wildman–Crippen LogP) is 1.86. The van der Waals surface area contributed by atoms with Crippen LogP contribution in [0.15, 0.2) is 18.2 Å². The fraction of sp³-hybridized carbons (Fsp3) is 0.364. The van der Waals surface area contributed by atoms with Gasteiger partial charge in [-0.15, -0.1) is 0 Å². The van der Waals surface area contributed by atoms with E-state index in [4.69, 9.17) is 9.47 Å². The number of carbonyl (C=O) groups excluding carboxylic acids is 1. The Balaban J connectivity index is 2.19. The molecule has 0 bridgehead atoms. The average Bonchev–Trinajstić information content (AvgIpc) is 2.86. The molecule has 96 valence electrons. The number of ether oxygens (including phenoxy) is 2. The number of alkyl halides is 3. The number of carbonyl (C=O) groups is 1. The number of halogens is 3. The Morgan fingerprint density at radius 3 is 2.50 bits per heavy atom. The van der Waals surface area contributed by atoms with Crippen LogP contribution in [0.1, 0.15) is 11.1 Å². The van der Waals surface area contributed by atoms with Gasteiger partial charge in [-0.05, 0) is 6.07 Å². The van der Waals surface area contributed by atoms with E-state index in [0.717, 1.165) is 6.07 Å². The second kappa shape index (κ2) is 3.46. The van der Waals surface area contributed by atoms with Gasteiger partial charge in [0.15, 0.2) is 0 Å². The smallest absolute Gasteiger partial charge is 0.336 e. The van der Waals surface area contributed by atoms with Gasteiger partial charge in [0, 0.05) is 5.56 Å². The summed E-state index contributed by atoms with van der Waals surface area (Å²) in [6, 6.07) is 3.54. The Bertz CT molecular complexity index is 521. The highest BCUT2D eigenvalue weighted by Crippen LogP contribution is 2.47. The van der Waals surface area contributed by atoms with Crippen molar-refractivity contribution in [2.24, 2.45) is 0 Å². The lowest BCUT2D eigenvalue weighted by Crippen LogP contribution is -2.35. The predicted molar refractivity (Wildman–Crippen MR) is 53.7 cm³/mol. The number of hydrogen-bond acceptors (Lipinski definition) is 3. The van der Waals surface area contributed by atoms with Crippen molar-refractivity contribution >= 4 is 11.6 Å². The molecule has 1 fully saturated rings. The third kappa shape index (κ3) is 1.37. The van der Waals surface area contributed by atoms with Crippen molar-refractivity contribution in [2.75, 3.05) is 18.5 Å². The monoisotopic (exact) mass is 259 g/mol. The first-order valence-corrected chi connectivity index (χ1v) is 5.25. The van der Waals surface area contributed by atoms with Crippen LogP contribution in [0, 0.1) is 0 Å². The van der Waals surface area contributed by atoms with Gasteiger partial charge < -0.3 is 14.8 Å². The number of para-hydroxylation sites is 1. The molecule has 0 aromatic heterocycles. The molecule has 0 radical (unpaired) electrons. The van der Waals surface area contributed by atoms with E-state index in [-0.39, 0.29) is 24.5 Å². The Labute approximate surface area is 99.7 Å². The lowest BCUT2D eigenvalue weighted by Gasteiger charge is -2.19. The van der Waals surface area contributed by atoms with E-state index in [2.05, 4.69) is 5.32 Å². The van der Waals surface area contributed by atoms with Gasteiger partial charge in [-0.25, -0.2) is 0 Å². The maximum Gasteiger partial charge on any atom is 0.418 e. The van der Waals surface area contributed by atoms with Crippen LogP contribution >= 0.6 is 0 Å². The normalized spacial score (nSPS) is 21.2. The molecule has 2 aliphatic heterocycles. The van der Waals surface area contributed by atoms with Crippen molar-refractivity contribution in [1.29, 1.82) is 0 Å². The van der Waals surface area contributed by atoms with E-state index in [0.29, 0.717) is 0 Å². The summed E-state index contributed by atoms with van der Waals surface area (Å²) in [4.78, 5) is 11.8. The topological polar surface area (TPSA) is 47.6 Å². The largest absolute Gasteiger partial charge is 0.418 e. The molecule has 4 nitrogen and oxygen atoms in total. The number of rotatable bonds is 0. The van der Waals surface area contributed by atoms with Crippen molar-refractivity contribution in [3.8, 4) is 0 Å². The Morgan fingerprint density at radius 2 is 1.89 bits per heavy atom. The standard InChI is InChI=1S/C11H8F3NO3/c12-11(13,14)7-3-1-2-6-8(7)15-9(16)10(6)17-4-5-18-10/h1-3H,4-5H2,(H,15,16). The molecule has 1 aromatic rings. The molecule has 0 aliphatic carbocycles. The van der Waals surface area contributed by atoms with Gasteiger partial charge in [-0.1, -0.05) is 12.1 Å². The van der Waals surface area contributed by atoms with Crippen molar-refractivity contribution in [1.82, 2.24) is 0 Å². The summed E-state index contributed by atoms with van der Waals surface area (Å²) in [7, 11) is 0. The molecular weight excluding hydrogens is 251 g/mol. The van der Waals surface area contributed by atoms with Gasteiger partial charge >= 0.3 is 6.18 Å². The molecule has 0 saturated carbocycles. The van der Waals surface area contributed by atoms with Gasteiger partial charge in [0.25, 0.3) is 11.7 Å². The summed E-state index contributed by atoms with van der Waals surface area (Å²) < 4.78 is 48.9. The lowest BCUT2D eigenvalue weighted by atomic mass is 10.0. The minimum atomic E-state index is -4.54. The Morgan fingerprint density at radius 1 is 1.22 bits per heavy atom. The van der Waals surface area contributed by atoms with E-state index in [1.54, 1.807) is 0 Å². The molecule has 7 heteroatoms. The molecule has 1 N–H and O–H groups in total. The highest BCUT2D eigenvalue weighted by molar-refractivity contribution is 6.05. The van der Waals surface area contributed by atoms with Crippen LogP contribution < -0.4 is 5.32 Å². The van der Waals surface area contributed by atoms with Crippen LogP contribution in [-0.2, 0) is 26.2 Å². The zero-order valence-corrected chi connectivity index (χ0v) is 9.00. The maximum absolute atomic E-state index is 12.8. The summed E-state index contributed by atoms with van der Waals surface area (Å²) in [5.41, 5.74) is -1.10. The summed E-state index contributed by atoms with van der Waals surface area (Å²) in [6.45, 7) is 0.339. The third-order valence-electron chi connectivity index (χ3n) is 2.96. The number of benzene rings is 1. The minimum absolute atomic E-state index is 0.0832. The summed E-state index contributed by atoms with van der Waals surface area (Å²) in [6.07, 6.45) is -4.54. The van der Waals surface area contributed by atoms with Crippen LogP contribution in [-0.4, -0.2) is 19.1 Å². The molecule has 18 heavy (non-hydrogen) atoms. The molecule has 1 spiro atoms. The molecule has 3 rings (SSSR count). The fourth-order valence-corrected chi connectivity index (χ4v) is 2.21. The summed E-state index contributed by atoms with van der Waals surface area (Å²) >= 11 is 0. The zero-order chi connectivity index (χ0) is 13.0. The first-order valence-electron chi connectivity index (χ1n) is 5.25.